The summed E-state index contributed by atoms with van der Waals surface area (Å²) in [7, 11) is -2.76. The van der Waals surface area contributed by atoms with E-state index in [9.17, 15) is 9.59 Å². The molecule has 2 saturated carbocycles. The third-order valence-corrected chi connectivity index (χ3v) is 13.5. The molecule has 2 fully saturated rings. The van der Waals surface area contributed by atoms with Gasteiger partial charge in [-0.15, -0.1) is 0 Å². The standard InChI is InChI=1S/C31H42O4Si/c1-29(2,3)28(33)34-20-23-24(32)19-25(27-26(23)31(27,7)8)35-36(30(4,5)6,21-15-11-9-12-16-21)22-17-13-10-14-18-22/h9-18,23,25-27H,19-20H2,1-8H3/t23-,25+,26-,27-/m1/s1. The Bertz CT molecular complexity index is 1060. The van der Waals surface area contributed by atoms with Crippen molar-refractivity contribution in [2.75, 3.05) is 6.61 Å². The van der Waals surface area contributed by atoms with Gasteiger partial charge in [0.25, 0.3) is 8.32 Å². The number of rotatable bonds is 6. The molecule has 2 aromatic carbocycles. The van der Waals surface area contributed by atoms with Crippen LogP contribution >= 0.6 is 0 Å². The van der Waals surface area contributed by atoms with Gasteiger partial charge in [-0.2, -0.15) is 0 Å². The number of Topliss-reactive ketones (excluding diaryl/α,β-unsaturated/α-hetero) is 1. The largest absolute Gasteiger partial charge is 0.465 e. The summed E-state index contributed by atoms with van der Waals surface area (Å²) in [6.07, 6.45) is 0.214. The highest BCUT2D eigenvalue weighted by molar-refractivity contribution is 6.99. The number of fused-ring (bicyclic) bond motifs is 1. The van der Waals surface area contributed by atoms with Gasteiger partial charge in [0.2, 0.25) is 0 Å². The van der Waals surface area contributed by atoms with Gasteiger partial charge in [0.05, 0.1) is 17.4 Å². The summed E-state index contributed by atoms with van der Waals surface area (Å²) in [6.45, 7) is 17.0. The minimum absolute atomic E-state index is 0.0406. The first-order chi connectivity index (χ1) is 16.7. The minimum atomic E-state index is -2.76. The van der Waals surface area contributed by atoms with Crippen LogP contribution in [0.3, 0.4) is 0 Å². The van der Waals surface area contributed by atoms with Crippen LogP contribution in [0.1, 0.15) is 61.8 Å². The number of esters is 1. The lowest BCUT2D eigenvalue weighted by molar-refractivity contribution is -0.156. The lowest BCUT2D eigenvalue weighted by Gasteiger charge is -2.46. The van der Waals surface area contributed by atoms with Crippen LogP contribution in [0.15, 0.2) is 60.7 Å². The molecule has 0 radical (unpaired) electrons. The van der Waals surface area contributed by atoms with Gasteiger partial charge in [-0.3, -0.25) is 9.59 Å². The van der Waals surface area contributed by atoms with Crippen molar-refractivity contribution in [2.24, 2.45) is 28.6 Å². The Morgan fingerprint density at radius 1 is 0.889 bits per heavy atom. The summed E-state index contributed by atoms with van der Waals surface area (Å²) in [5.41, 5.74) is -0.619. The molecule has 2 aliphatic rings. The van der Waals surface area contributed by atoms with Crippen LogP contribution in [-0.2, 0) is 18.8 Å². The zero-order valence-electron chi connectivity index (χ0n) is 23.1. The number of carbonyl (C=O) groups is 2. The van der Waals surface area contributed by atoms with Crippen molar-refractivity contribution in [1.29, 1.82) is 0 Å². The monoisotopic (exact) mass is 506 g/mol. The Morgan fingerprint density at radius 2 is 1.39 bits per heavy atom. The Labute approximate surface area is 217 Å². The number of hydrogen-bond donors (Lipinski definition) is 0. The summed E-state index contributed by atoms with van der Waals surface area (Å²) >= 11 is 0. The van der Waals surface area contributed by atoms with Crippen molar-refractivity contribution in [3.63, 3.8) is 0 Å². The van der Waals surface area contributed by atoms with Gasteiger partial charge in [-0.25, -0.2) is 0 Å². The van der Waals surface area contributed by atoms with E-state index < -0.39 is 13.7 Å². The lowest BCUT2D eigenvalue weighted by Crippen LogP contribution is -2.68. The third kappa shape index (κ3) is 4.61. The maximum absolute atomic E-state index is 13.5. The van der Waals surface area contributed by atoms with Crippen molar-refractivity contribution >= 4 is 30.4 Å². The van der Waals surface area contributed by atoms with Crippen molar-refractivity contribution in [2.45, 2.75) is 73.0 Å². The van der Waals surface area contributed by atoms with Gasteiger partial charge in [0.15, 0.2) is 0 Å². The van der Waals surface area contributed by atoms with Crippen molar-refractivity contribution in [3.8, 4) is 0 Å². The van der Waals surface area contributed by atoms with Crippen LogP contribution in [-0.4, -0.2) is 32.8 Å². The molecular weight excluding hydrogens is 464 g/mol. The Balaban J connectivity index is 1.69. The van der Waals surface area contributed by atoms with Crippen LogP contribution in [0.25, 0.3) is 0 Å². The minimum Gasteiger partial charge on any atom is -0.465 e. The molecule has 0 aliphatic heterocycles. The lowest BCUT2D eigenvalue weighted by atomic mass is 9.86. The molecule has 194 valence electrons. The smallest absolute Gasteiger partial charge is 0.311 e. The molecule has 2 aliphatic carbocycles. The average molecular weight is 507 g/mol. The van der Waals surface area contributed by atoms with E-state index in [4.69, 9.17) is 9.16 Å². The predicted octanol–water partition coefficient (Wildman–Crippen LogP) is 5.38. The summed E-state index contributed by atoms with van der Waals surface area (Å²) in [5.74, 6) is 0.0719. The van der Waals surface area contributed by atoms with Gasteiger partial charge < -0.3 is 9.16 Å². The highest BCUT2D eigenvalue weighted by Crippen LogP contribution is 2.67. The van der Waals surface area contributed by atoms with Crippen LogP contribution in [0.4, 0.5) is 0 Å². The molecule has 36 heavy (non-hydrogen) atoms. The fraction of sp³-hybridized carbons (Fsp3) is 0.548. The van der Waals surface area contributed by atoms with Crippen molar-refractivity contribution in [1.82, 2.24) is 0 Å². The molecule has 0 unspecified atom stereocenters. The Hall–Kier alpha value is -2.24. The first kappa shape index (κ1) is 26.8. The second-order valence-corrected chi connectivity index (χ2v) is 17.6. The van der Waals surface area contributed by atoms with E-state index >= 15 is 0 Å². The summed E-state index contributed by atoms with van der Waals surface area (Å²) in [6, 6.07) is 21.2. The Kier molecular flexibility index (Phi) is 6.89. The van der Waals surface area contributed by atoms with Crippen LogP contribution in [0, 0.1) is 28.6 Å². The summed E-state index contributed by atoms with van der Waals surface area (Å²) in [4.78, 5) is 26.0. The summed E-state index contributed by atoms with van der Waals surface area (Å²) in [5, 5.41) is 2.31. The second kappa shape index (κ2) is 9.25. The first-order valence-electron chi connectivity index (χ1n) is 13.2. The normalized spacial score (nSPS) is 25.7. The molecular formula is C31H42O4Si. The van der Waals surface area contributed by atoms with E-state index in [-0.39, 0.29) is 52.7 Å². The zero-order valence-corrected chi connectivity index (χ0v) is 24.1. The molecule has 0 N–H and O–H groups in total. The number of carbonyl (C=O) groups excluding carboxylic acids is 2. The fourth-order valence-electron chi connectivity index (χ4n) is 6.49. The number of ketones is 1. The topological polar surface area (TPSA) is 52.6 Å². The van der Waals surface area contributed by atoms with E-state index in [2.05, 4.69) is 83.1 Å². The van der Waals surface area contributed by atoms with Crippen LogP contribution in [0.5, 0.6) is 0 Å². The number of benzene rings is 2. The molecule has 0 bridgehead atoms. The predicted molar refractivity (Wildman–Crippen MR) is 147 cm³/mol. The molecule has 0 heterocycles. The van der Waals surface area contributed by atoms with E-state index in [1.165, 1.54) is 10.4 Å². The van der Waals surface area contributed by atoms with E-state index in [0.29, 0.717) is 6.42 Å². The van der Waals surface area contributed by atoms with Gasteiger partial charge in [-0.1, -0.05) is 95.3 Å². The molecule has 4 atom stereocenters. The highest BCUT2D eigenvalue weighted by atomic mass is 28.4. The number of hydrogen-bond acceptors (Lipinski definition) is 4. The molecule has 5 heteroatoms. The third-order valence-electron chi connectivity index (χ3n) is 8.40. The molecule has 0 saturated heterocycles. The first-order valence-corrected chi connectivity index (χ1v) is 15.1. The molecule has 0 amide bonds. The highest BCUT2D eigenvalue weighted by Gasteiger charge is 2.69. The SMILES string of the molecule is CC(C)(C)C(=O)OC[C@@H]1C(=O)C[C@H](O[Si](c2ccccc2)(c2ccccc2)C(C)(C)C)[C@@H]2[C@@H]1C2(C)C. The summed E-state index contributed by atoms with van der Waals surface area (Å²) < 4.78 is 13.1. The van der Waals surface area contributed by atoms with Gasteiger partial charge >= 0.3 is 5.97 Å². The van der Waals surface area contributed by atoms with Crippen molar-refractivity contribution < 1.29 is 18.8 Å². The second-order valence-electron chi connectivity index (χ2n) is 13.3. The fourth-order valence-corrected chi connectivity index (χ4v) is 11.2. The molecule has 0 spiro atoms. The molecule has 4 nitrogen and oxygen atoms in total. The van der Waals surface area contributed by atoms with Gasteiger partial charge in [0, 0.05) is 6.42 Å². The van der Waals surface area contributed by atoms with E-state index in [1.807, 2.05) is 32.9 Å². The van der Waals surface area contributed by atoms with E-state index in [0.717, 1.165) is 0 Å². The molecule has 4 rings (SSSR count). The van der Waals surface area contributed by atoms with E-state index in [1.54, 1.807) is 0 Å². The van der Waals surface area contributed by atoms with Gasteiger partial charge in [0.1, 0.15) is 12.4 Å². The average Bonchev–Trinajstić information content (AvgIpc) is 3.38. The van der Waals surface area contributed by atoms with Crippen LogP contribution < -0.4 is 10.4 Å². The Morgan fingerprint density at radius 3 is 1.83 bits per heavy atom. The van der Waals surface area contributed by atoms with Crippen LogP contribution in [0.2, 0.25) is 5.04 Å². The molecule has 2 aromatic rings. The molecule has 0 aromatic heterocycles. The van der Waals surface area contributed by atoms with Crippen molar-refractivity contribution in [3.05, 3.63) is 60.7 Å². The number of ether oxygens (including phenoxy) is 1. The van der Waals surface area contributed by atoms with Gasteiger partial charge in [-0.05, 0) is 53.4 Å². The quantitative estimate of drug-likeness (QED) is 0.390. The zero-order chi connectivity index (χ0) is 26.5. The maximum atomic E-state index is 13.5. The maximum Gasteiger partial charge on any atom is 0.311 e.